The molecule has 2 aromatic carbocycles. The highest BCUT2D eigenvalue weighted by Crippen LogP contribution is 2.48. The molecule has 1 atom stereocenters. The molecule has 37 heavy (non-hydrogen) atoms. The fraction of sp³-hybridized carbons (Fsp3) is 0.435. The number of hydrogen-bond acceptors (Lipinski definition) is 11. The van der Waals surface area contributed by atoms with E-state index < -0.39 is 20.5 Å². The average molecular weight is 601 g/mol. The van der Waals surface area contributed by atoms with E-state index in [1.165, 1.54) is 19.6 Å². The van der Waals surface area contributed by atoms with Crippen molar-refractivity contribution in [2.75, 3.05) is 6.61 Å². The van der Waals surface area contributed by atoms with Crippen LogP contribution in [0.15, 0.2) is 73.1 Å². The number of nitrogens with zero attached hydrogens (tertiary/aromatic N) is 1. The Hall–Kier alpha value is -1.13. The van der Waals surface area contributed by atoms with E-state index in [2.05, 4.69) is 76.2 Å². The van der Waals surface area contributed by atoms with Crippen LogP contribution >= 0.6 is 11.8 Å². The highest BCUT2D eigenvalue weighted by Gasteiger charge is 2.47. The number of ether oxygens (including phenoxy) is 1. The number of unbranched alkanes of at least 4 members (excludes halogenated alkanes) is 1. The molecular formula is C23H31Cl2NO9S2. The van der Waals surface area contributed by atoms with Crippen LogP contribution in [0.5, 0.6) is 0 Å². The van der Waals surface area contributed by atoms with Gasteiger partial charge in [-0.2, -0.15) is 14.0 Å². The van der Waals surface area contributed by atoms with Crippen LogP contribution < -0.4 is 32.6 Å². The van der Waals surface area contributed by atoms with Crippen LogP contribution in [-0.2, 0) is 15.6 Å². The van der Waals surface area contributed by atoms with Gasteiger partial charge in [-0.05, 0) is 51.5 Å². The molecule has 1 aliphatic rings. The van der Waals surface area contributed by atoms with Gasteiger partial charge in [0.15, 0.2) is 20.9 Å². The second kappa shape index (κ2) is 14.9. The van der Waals surface area contributed by atoms with Crippen molar-refractivity contribution in [1.82, 2.24) is 0 Å². The van der Waals surface area contributed by atoms with Crippen molar-refractivity contribution < 1.29 is 62.5 Å². The van der Waals surface area contributed by atoms with Gasteiger partial charge >= 0.3 is 0 Å². The predicted molar refractivity (Wildman–Crippen MR) is 121 cm³/mol. The summed E-state index contributed by atoms with van der Waals surface area (Å²) in [6.07, 6.45) is 2.22. The standard InChI is InChI=1S/C23H30NOS2.2ClHO4/c1-6-7-16-25-18(3)24-23(4,5)17(2)27-21-14-10-8-12-19(21)26-20-13-9-11-15-22(20)27;2*2-1(3,4)5/h8-15,17H,6-7,16H2,1-5H3;2*(H,2,3,4,5)/q+1;;/p-1. The summed E-state index contributed by atoms with van der Waals surface area (Å²) < 4.78 is 72.5. The van der Waals surface area contributed by atoms with Crippen molar-refractivity contribution in [3.8, 4) is 0 Å². The molecule has 0 fully saturated rings. The maximum absolute atomic E-state index is 8.60. The molecule has 0 amide bonds. The predicted octanol–water partition coefficient (Wildman–Crippen LogP) is -2.29. The summed E-state index contributed by atoms with van der Waals surface area (Å²) in [5, 5.41) is 0.366. The van der Waals surface area contributed by atoms with E-state index in [-0.39, 0.29) is 16.4 Å². The van der Waals surface area contributed by atoms with Gasteiger partial charge < -0.3 is 4.74 Å². The van der Waals surface area contributed by atoms with E-state index >= 15 is 0 Å². The summed E-state index contributed by atoms with van der Waals surface area (Å²) in [5.41, 5.74) is -0.207. The largest absolute Gasteiger partial charge is 0.481 e. The van der Waals surface area contributed by atoms with Crippen LogP contribution in [0.3, 0.4) is 0 Å². The summed E-state index contributed by atoms with van der Waals surface area (Å²) in [6, 6.07) is 17.7. The third-order valence-electron chi connectivity index (χ3n) is 4.99. The lowest BCUT2D eigenvalue weighted by Gasteiger charge is -2.30. The first-order valence-corrected chi connectivity index (χ1v) is 15.6. The first kappa shape index (κ1) is 33.9. The Balaban J connectivity index is 0.000000583. The van der Waals surface area contributed by atoms with Crippen LogP contribution in [0.25, 0.3) is 0 Å². The zero-order chi connectivity index (χ0) is 28.4. The molecular weight excluding hydrogens is 569 g/mol. The lowest BCUT2D eigenvalue weighted by molar-refractivity contribution is -2.00. The minimum Gasteiger partial charge on any atom is -0.481 e. The van der Waals surface area contributed by atoms with E-state index in [1.54, 1.807) is 0 Å². The molecule has 0 saturated heterocycles. The Morgan fingerprint density at radius 2 is 1.38 bits per heavy atom. The molecule has 0 radical (unpaired) electrons. The SMILES string of the molecule is CCCCOC(C)=NC(C)(C)C(C)[S+]1c2ccccc2Sc2ccccc21.[O-][Cl+3]([O-])([O-])O.[O-][Cl+3]([O-])([O-])[O-]. The van der Waals surface area contributed by atoms with Crippen molar-refractivity contribution in [1.29, 1.82) is 0 Å². The van der Waals surface area contributed by atoms with Crippen LogP contribution in [0.2, 0.25) is 0 Å². The Bertz CT molecular complexity index is 945. The van der Waals surface area contributed by atoms with Crippen LogP contribution in [0.4, 0.5) is 0 Å². The maximum Gasteiger partial charge on any atom is 0.180 e. The van der Waals surface area contributed by atoms with E-state index in [9.17, 15) is 0 Å². The Kier molecular flexibility index (Phi) is 13.6. The number of rotatable bonds is 6. The first-order chi connectivity index (χ1) is 16.9. The number of aliphatic imine (C=N–C) groups is 1. The van der Waals surface area contributed by atoms with Gasteiger partial charge in [-0.3, -0.25) is 0 Å². The Morgan fingerprint density at radius 1 is 0.973 bits per heavy atom. The van der Waals surface area contributed by atoms with E-state index in [1.807, 2.05) is 18.7 Å². The van der Waals surface area contributed by atoms with Gasteiger partial charge in [0.1, 0.15) is 5.54 Å². The topological polar surface area (TPSA) is 203 Å². The zero-order valence-electron chi connectivity index (χ0n) is 21.1. The molecule has 1 aliphatic heterocycles. The van der Waals surface area contributed by atoms with E-state index in [0.29, 0.717) is 5.25 Å². The molecule has 208 valence electrons. The van der Waals surface area contributed by atoms with Crippen LogP contribution in [0, 0.1) is 20.5 Å². The molecule has 0 spiro atoms. The van der Waals surface area contributed by atoms with Crippen molar-refractivity contribution in [2.45, 2.75) is 77.8 Å². The normalized spacial score (nSPS) is 14.8. The van der Waals surface area contributed by atoms with Gasteiger partial charge in [0.05, 0.1) is 42.2 Å². The van der Waals surface area contributed by atoms with Gasteiger partial charge in [-0.1, -0.05) is 49.4 Å². The highest BCUT2D eigenvalue weighted by atomic mass is 35.7. The molecule has 0 saturated carbocycles. The quantitative estimate of drug-likeness (QED) is 0.163. The fourth-order valence-corrected chi connectivity index (χ4v) is 7.54. The first-order valence-electron chi connectivity index (χ1n) is 11.0. The third-order valence-corrected chi connectivity index (χ3v) is 9.35. The molecule has 1 unspecified atom stereocenters. The second-order valence-electron chi connectivity index (χ2n) is 8.24. The number of halogens is 2. The zero-order valence-corrected chi connectivity index (χ0v) is 24.2. The van der Waals surface area contributed by atoms with Crippen molar-refractivity contribution >= 4 is 28.6 Å². The molecule has 2 aromatic rings. The van der Waals surface area contributed by atoms with E-state index in [0.717, 1.165) is 25.3 Å². The minimum absolute atomic E-state index is 0.0160. The second-order valence-corrected chi connectivity index (χ2v) is 13.1. The molecule has 0 aliphatic carbocycles. The highest BCUT2D eigenvalue weighted by molar-refractivity contribution is 8.04. The number of benzene rings is 2. The molecule has 1 heterocycles. The van der Waals surface area contributed by atoms with E-state index in [4.69, 9.17) is 47.0 Å². The third kappa shape index (κ3) is 13.5. The van der Waals surface area contributed by atoms with Gasteiger partial charge in [-0.15, -0.1) is 10.2 Å². The molecule has 0 bridgehead atoms. The van der Waals surface area contributed by atoms with Crippen LogP contribution in [-0.4, -0.2) is 28.0 Å². The maximum atomic E-state index is 8.60. The average Bonchev–Trinajstić information content (AvgIpc) is 2.74. The monoisotopic (exact) mass is 599 g/mol. The summed E-state index contributed by atoms with van der Waals surface area (Å²) in [5.74, 6) is 0.803. The Morgan fingerprint density at radius 3 is 1.78 bits per heavy atom. The minimum atomic E-state index is -4.94. The number of hydrogen-bond donors (Lipinski definition) is 1. The van der Waals surface area contributed by atoms with Crippen molar-refractivity contribution in [3.63, 3.8) is 0 Å². The summed E-state index contributed by atoms with van der Waals surface area (Å²) in [7, 11) is -9.65. The van der Waals surface area contributed by atoms with Gasteiger partial charge in [0, 0.05) is 6.92 Å². The molecule has 0 aromatic heterocycles. The molecule has 1 N–H and O–H groups in total. The lowest BCUT2D eigenvalue weighted by Crippen LogP contribution is -2.68. The lowest BCUT2D eigenvalue weighted by atomic mass is 10.0. The van der Waals surface area contributed by atoms with Gasteiger partial charge in [0.2, 0.25) is 0 Å². The summed E-state index contributed by atoms with van der Waals surface area (Å²) >= 11 is 1.89. The molecule has 3 rings (SSSR count). The van der Waals surface area contributed by atoms with Crippen molar-refractivity contribution in [2.24, 2.45) is 4.99 Å². The molecule has 14 heteroatoms. The van der Waals surface area contributed by atoms with Gasteiger partial charge in [-0.25, -0.2) is 23.6 Å². The number of fused-ring (bicyclic) bond motifs is 2. The van der Waals surface area contributed by atoms with Gasteiger partial charge in [0.25, 0.3) is 0 Å². The summed E-state index contributed by atoms with van der Waals surface area (Å²) in [6.45, 7) is 11.7. The fourth-order valence-electron chi connectivity index (χ4n) is 3.23. The Labute approximate surface area is 228 Å². The smallest absolute Gasteiger partial charge is 0.180 e. The van der Waals surface area contributed by atoms with Crippen molar-refractivity contribution in [3.05, 3.63) is 48.5 Å². The van der Waals surface area contributed by atoms with Crippen LogP contribution in [0.1, 0.15) is 47.5 Å². The molecule has 10 nitrogen and oxygen atoms in total. The summed E-state index contributed by atoms with van der Waals surface area (Å²) in [4.78, 5) is 10.6.